The Morgan fingerprint density at radius 3 is 2.62 bits per heavy atom. The summed E-state index contributed by atoms with van der Waals surface area (Å²) in [6.45, 7) is 2.57. The molecule has 2 heterocycles. The van der Waals surface area contributed by atoms with E-state index < -0.39 is 10.0 Å². The molecule has 21 heavy (non-hydrogen) atoms. The maximum atomic E-state index is 11.9. The van der Waals surface area contributed by atoms with E-state index >= 15 is 0 Å². The smallest absolute Gasteiger partial charge is 0.211 e. The first kappa shape index (κ1) is 14.3. The second-order valence-electron chi connectivity index (χ2n) is 5.51. The molecule has 1 aliphatic heterocycles. The molecular weight excluding hydrogens is 286 g/mol. The lowest BCUT2D eigenvalue weighted by Crippen LogP contribution is -2.30. The lowest BCUT2D eigenvalue weighted by Gasteiger charge is -2.21. The highest BCUT2D eigenvalue weighted by Gasteiger charge is 2.35. The minimum absolute atomic E-state index is 0.134. The van der Waals surface area contributed by atoms with Crippen molar-refractivity contribution in [2.45, 2.75) is 25.8 Å². The SMILES string of the molecule is Cc1cn(-c2ccccc2)nc1[C@H]1CCCN1S(C)(=O)=O. The number of aromatic nitrogens is 2. The molecule has 1 aliphatic rings. The molecule has 0 N–H and O–H groups in total. The van der Waals surface area contributed by atoms with E-state index in [0.717, 1.165) is 29.8 Å². The van der Waals surface area contributed by atoms with Crippen LogP contribution in [0.1, 0.15) is 30.1 Å². The molecule has 0 unspecified atom stereocenters. The van der Waals surface area contributed by atoms with Gasteiger partial charge in [-0.1, -0.05) is 18.2 Å². The average Bonchev–Trinajstić information content (AvgIpc) is 3.05. The molecule has 112 valence electrons. The summed E-state index contributed by atoms with van der Waals surface area (Å²) in [5.74, 6) is 0. The summed E-state index contributed by atoms with van der Waals surface area (Å²) in [6, 6.07) is 9.72. The Balaban J connectivity index is 1.99. The second-order valence-corrected chi connectivity index (χ2v) is 7.44. The number of sulfonamides is 1. The number of nitrogens with zero attached hydrogens (tertiary/aromatic N) is 3. The van der Waals surface area contributed by atoms with Gasteiger partial charge in [0.15, 0.2) is 0 Å². The number of hydrogen-bond donors (Lipinski definition) is 0. The van der Waals surface area contributed by atoms with Crippen LogP contribution in [0.25, 0.3) is 5.69 Å². The molecule has 3 rings (SSSR count). The number of aryl methyl sites for hydroxylation is 1. The zero-order valence-corrected chi connectivity index (χ0v) is 13.0. The highest BCUT2D eigenvalue weighted by molar-refractivity contribution is 7.88. The van der Waals surface area contributed by atoms with E-state index in [0.29, 0.717) is 6.54 Å². The molecule has 1 saturated heterocycles. The summed E-state index contributed by atoms with van der Waals surface area (Å²) in [4.78, 5) is 0. The van der Waals surface area contributed by atoms with Crippen LogP contribution in [-0.2, 0) is 10.0 Å². The van der Waals surface area contributed by atoms with Crippen LogP contribution in [-0.4, -0.2) is 35.3 Å². The molecule has 1 aromatic heterocycles. The van der Waals surface area contributed by atoms with Gasteiger partial charge in [-0.15, -0.1) is 0 Å². The molecule has 6 heteroatoms. The van der Waals surface area contributed by atoms with Crippen LogP contribution in [0.2, 0.25) is 0 Å². The minimum Gasteiger partial charge on any atom is -0.240 e. The molecule has 1 atom stereocenters. The van der Waals surface area contributed by atoms with Gasteiger partial charge in [-0.05, 0) is 37.5 Å². The molecule has 5 nitrogen and oxygen atoms in total. The molecule has 1 fully saturated rings. The Morgan fingerprint density at radius 1 is 1.24 bits per heavy atom. The Labute approximate surface area is 125 Å². The lowest BCUT2D eigenvalue weighted by atomic mass is 10.1. The molecule has 2 aromatic rings. The van der Waals surface area contributed by atoms with Gasteiger partial charge in [0, 0.05) is 12.7 Å². The average molecular weight is 305 g/mol. The van der Waals surface area contributed by atoms with Gasteiger partial charge < -0.3 is 0 Å². The predicted octanol–water partition coefficient (Wildman–Crippen LogP) is 2.28. The summed E-state index contributed by atoms with van der Waals surface area (Å²) < 4.78 is 27.2. The van der Waals surface area contributed by atoms with Crippen LogP contribution >= 0.6 is 0 Å². The number of para-hydroxylation sites is 1. The van der Waals surface area contributed by atoms with Gasteiger partial charge in [-0.25, -0.2) is 13.1 Å². The van der Waals surface area contributed by atoms with E-state index in [1.54, 1.807) is 4.31 Å². The molecule has 0 amide bonds. The molecule has 0 radical (unpaired) electrons. The standard InChI is InChI=1S/C15H19N3O2S/c1-12-11-17(13-7-4-3-5-8-13)16-15(12)14-9-6-10-18(14)21(2,19)20/h3-5,7-8,11,14H,6,9-10H2,1-2H3/t14-/m1/s1. The third-order valence-corrected chi connectivity index (χ3v) is 5.19. The van der Waals surface area contributed by atoms with Gasteiger partial charge in [-0.3, -0.25) is 0 Å². The summed E-state index contributed by atoms with van der Waals surface area (Å²) in [6.07, 6.45) is 4.95. The van der Waals surface area contributed by atoms with E-state index in [1.807, 2.05) is 48.1 Å². The minimum atomic E-state index is -3.19. The molecule has 0 bridgehead atoms. The Bertz CT molecular complexity index is 738. The van der Waals surface area contributed by atoms with Crippen molar-refractivity contribution in [3.63, 3.8) is 0 Å². The summed E-state index contributed by atoms with van der Waals surface area (Å²) in [5, 5.41) is 4.64. The fraction of sp³-hybridized carbons (Fsp3) is 0.400. The molecular formula is C15H19N3O2S. The van der Waals surface area contributed by atoms with E-state index in [-0.39, 0.29) is 6.04 Å². The van der Waals surface area contributed by atoms with Crippen LogP contribution in [0.5, 0.6) is 0 Å². The van der Waals surface area contributed by atoms with E-state index in [4.69, 9.17) is 0 Å². The van der Waals surface area contributed by atoms with Gasteiger partial charge in [-0.2, -0.15) is 9.40 Å². The van der Waals surface area contributed by atoms with Crippen molar-refractivity contribution in [1.82, 2.24) is 14.1 Å². The van der Waals surface area contributed by atoms with Gasteiger partial charge in [0.05, 0.1) is 23.7 Å². The molecule has 0 aliphatic carbocycles. The largest absolute Gasteiger partial charge is 0.240 e. The van der Waals surface area contributed by atoms with Crippen molar-refractivity contribution >= 4 is 10.0 Å². The van der Waals surface area contributed by atoms with Gasteiger partial charge in [0.2, 0.25) is 10.0 Å². The lowest BCUT2D eigenvalue weighted by molar-refractivity contribution is 0.391. The molecule has 0 spiro atoms. The topological polar surface area (TPSA) is 55.2 Å². The maximum Gasteiger partial charge on any atom is 0.211 e. The maximum absolute atomic E-state index is 11.9. The first-order chi connectivity index (χ1) is 9.97. The van der Waals surface area contributed by atoms with Crippen LogP contribution in [0.4, 0.5) is 0 Å². The fourth-order valence-electron chi connectivity index (χ4n) is 2.93. The Morgan fingerprint density at radius 2 is 1.95 bits per heavy atom. The van der Waals surface area contributed by atoms with Crippen molar-refractivity contribution in [2.75, 3.05) is 12.8 Å². The zero-order chi connectivity index (χ0) is 15.0. The normalized spacial score (nSPS) is 20.0. The van der Waals surface area contributed by atoms with E-state index in [2.05, 4.69) is 5.10 Å². The van der Waals surface area contributed by atoms with Crippen LogP contribution < -0.4 is 0 Å². The van der Waals surface area contributed by atoms with Crippen molar-refractivity contribution in [2.24, 2.45) is 0 Å². The number of benzene rings is 1. The first-order valence-corrected chi connectivity index (χ1v) is 8.90. The summed E-state index contributed by atoms with van der Waals surface area (Å²) in [7, 11) is -3.19. The highest BCUT2D eigenvalue weighted by Crippen LogP contribution is 2.34. The van der Waals surface area contributed by atoms with Crippen molar-refractivity contribution in [1.29, 1.82) is 0 Å². The van der Waals surface area contributed by atoms with Gasteiger partial charge in [0.1, 0.15) is 0 Å². The zero-order valence-electron chi connectivity index (χ0n) is 12.2. The van der Waals surface area contributed by atoms with Crippen LogP contribution in [0.15, 0.2) is 36.5 Å². The van der Waals surface area contributed by atoms with E-state index in [9.17, 15) is 8.42 Å². The van der Waals surface area contributed by atoms with Gasteiger partial charge >= 0.3 is 0 Å². The Hall–Kier alpha value is -1.66. The van der Waals surface area contributed by atoms with E-state index in [1.165, 1.54) is 6.26 Å². The fourth-order valence-corrected chi connectivity index (χ4v) is 4.05. The summed E-state index contributed by atoms with van der Waals surface area (Å²) >= 11 is 0. The molecule has 1 aromatic carbocycles. The van der Waals surface area contributed by atoms with Crippen molar-refractivity contribution < 1.29 is 8.42 Å². The Kier molecular flexibility index (Phi) is 3.59. The number of hydrogen-bond acceptors (Lipinski definition) is 3. The van der Waals surface area contributed by atoms with Crippen LogP contribution in [0.3, 0.4) is 0 Å². The quantitative estimate of drug-likeness (QED) is 0.874. The van der Waals surface area contributed by atoms with Crippen molar-refractivity contribution in [3.8, 4) is 5.69 Å². The predicted molar refractivity (Wildman–Crippen MR) is 81.8 cm³/mol. The molecule has 0 saturated carbocycles. The summed E-state index contributed by atoms with van der Waals surface area (Å²) in [5.41, 5.74) is 2.87. The second kappa shape index (κ2) is 5.27. The third-order valence-electron chi connectivity index (χ3n) is 3.90. The van der Waals surface area contributed by atoms with Gasteiger partial charge in [0.25, 0.3) is 0 Å². The highest BCUT2D eigenvalue weighted by atomic mass is 32.2. The number of rotatable bonds is 3. The monoisotopic (exact) mass is 305 g/mol. The third kappa shape index (κ3) is 2.73. The van der Waals surface area contributed by atoms with Crippen LogP contribution in [0, 0.1) is 6.92 Å². The first-order valence-electron chi connectivity index (χ1n) is 7.05. The van der Waals surface area contributed by atoms with Crippen molar-refractivity contribution in [3.05, 3.63) is 47.8 Å².